The van der Waals surface area contributed by atoms with Crippen molar-refractivity contribution in [2.45, 2.75) is 38.3 Å². The summed E-state index contributed by atoms with van der Waals surface area (Å²) in [5, 5.41) is 20.0. The highest BCUT2D eigenvalue weighted by Gasteiger charge is 2.46. The van der Waals surface area contributed by atoms with Crippen molar-refractivity contribution in [3.8, 4) is 0 Å². The predicted molar refractivity (Wildman–Crippen MR) is 103 cm³/mol. The van der Waals surface area contributed by atoms with Crippen molar-refractivity contribution in [3.63, 3.8) is 0 Å². The van der Waals surface area contributed by atoms with Gasteiger partial charge >= 0.3 is 0 Å². The lowest BCUT2D eigenvalue weighted by Gasteiger charge is -2.33. The van der Waals surface area contributed by atoms with Crippen molar-refractivity contribution in [2.24, 2.45) is 0 Å². The summed E-state index contributed by atoms with van der Waals surface area (Å²) in [7, 11) is 0. The number of benzene rings is 1. The Balaban J connectivity index is 2.14. The van der Waals surface area contributed by atoms with Gasteiger partial charge in [0, 0.05) is 18.0 Å². The monoisotopic (exact) mass is 381 g/mol. The molecule has 2 heterocycles. The fourth-order valence-electron chi connectivity index (χ4n) is 3.60. The van der Waals surface area contributed by atoms with Gasteiger partial charge in [-0.1, -0.05) is 50.1 Å². The molecule has 3 rings (SSSR count). The molecule has 0 spiro atoms. The van der Waals surface area contributed by atoms with E-state index in [4.69, 9.17) is 0 Å². The summed E-state index contributed by atoms with van der Waals surface area (Å²) >= 11 is 0. The van der Waals surface area contributed by atoms with E-state index in [1.165, 1.54) is 4.90 Å². The van der Waals surface area contributed by atoms with Crippen LogP contribution in [-0.4, -0.2) is 38.1 Å². The number of hydrogen-bond donors (Lipinski definition) is 3. The van der Waals surface area contributed by atoms with Gasteiger partial charge < -0.3 is 10.0 Å². The van der Waals surface area contributed by atoms with Gasteiger partial charge in [-0.15, -0.1) is 0 Å². The molecule has 0 aliphatic carbocycles. The van der Waals surface area contributed by atoms with Gasteiger partial charge in [0.15, 0.2) is 5.76 Å². The molecule has 2 aromatic rings. The van der Waals surface area contributed by atoms with Gasteiger partial charge in [-0.3, -0.25) is 19.8 Å². The van der Waals surface area contributed by atoms with Crippen LogP contribution in [0.15, 0.2) is 60.6 Å². The Kier molecular flexibility index (Phi) is 6.06. The van der Waals surface area contributed by atoms with Crippen molar-refractivity contribution < 1.29 is 19.9 Å². The van der Waals surface area contributed by atoms with Crippen molar-refractivity contribution in [3.05, 3.63) is 71.7 Å². The predicted octanol–water partition coefficient (Wildman–Crippen LogP) is 3.00. The van der Waals surface area contributed by atoms with E-state index < -0.39 is 23.9 Å². The van der Waals surface area contributed by atoms with E-state index in [0.717, 1.165) is 12.0 Å². The van der Waals surface area contributed by atoms with Crippen LogP contribution in [0.2, 0.25) is 0 Å². The number of hydrogen-bond acceptors (Lipinski definition) is 5. The van der Waals surface area contributed by atoms with Crippen LogP contribution in [0.5, 0.6) is 0 Å². The molecule has 1 aliphatic rings. The minimum atomic E-state index is -0.918. The number of carbonyl (C=O) groups excluding carboxylic acids is 2. The molecule has 7 heteroatoms. The Morgan fingerprint density at radius 3 is 2.50 bits per heavy atom. The summed E-state index contributed by atoms with van der Waals surface area (Å²) in [6.07, 6.45) is 5.08. The zero-order valence-electron chi connectivity index (χ0n) is 15.6. The van der Waals surface area contributed by atoms with Crippen LogP contribution in [0.3, 0.4) is 0 Å². The summed E-state index contributed by atoms with van der Waals surface area (Å²) in [4.78, 5) is 30.8. The van der Waals surface area contributed by atoms with Crippen LogP contribution in [-0.2, 0) is 9.59 Å². The Labute approximate surface area is 163 Å². The molecule has 146 valence electrons. The van der Waals surface area contributed by atoms with E-state index in [0.29, 0.717) is 24.0 Å². The van der Waals surface area contributed by atoms with E-state index in [1.54, 1.807) is 30.0 Å². The van der Waals surface area contributed by atoms with Crippen molar-refractivity contribution in [1.29, 1.82) is 0 Å². The topological polar surface area (TPSA) is 103 Å². The second-order valence-corrected chi connectivity index (χ2v) is 6.66. The Hall–Kier alpha value is -3.19. The summed E-state index contributed by atoms with van der Waals surface area (Å²) in [6, 6.07) is 11.0. The smallest absolute Gasteiger partial charge is 0.290 e. The molecule has 28 heavy (non-hydrogen) atoms. The largest absolute Gasteiger partial charge is 0.503 e. The highest BCUT2D eigenvalue weighted by atomic mass is 16.5. The quantitative estimate of drug-likeness (QED) is 0.505. The third kappa shape index (κ3) is 3.61. The van der Waals surface area contributed by atoms with Gasteiger partial charge in [-0.25, -0.2) is 5.48 Å². The first-order chi connectivity index (χ1) is 13.6. The van der Waals surface area contributed by atoms with Crippen LogP contribution in [0.25, 0.3) is 5.57 Å². The van der Waals surface area contributed by atoms with Gasteiger partial charge in [0.2, 0.25) is 0 Å². The lowest BCUT2D eigenvalue weighted by Crippen LogP contribution is -2.48. The SMILES string of the molecule is CCCCC(C(=O)NO)N1C(=O)C(O)=C(c2ccccc2)C1c1ccncc1. The first-order valence-corrected chi connectivity index (χ1v) is 9.25. The molecule has 0 radical (unpaired) electrons. The average molecular weight is 381 g/mol. The van der Waals surface area contributed by atoms with Crippen molar-refractivity contribution in [2.75, 3.05) is 0 Å². The summed E-state index contributed by atoms with van der Waals surface area (Å²) < 4.78 is 0. The fraction of sp³-hybridized carbons (Fsp3) is 0.286. The second-order valence-electron chi connectivity index (χ2n) is 6.66. The number of carbonyl (C=O) groups is 2. The number of aliphatic hydroxyl groups excluding tert-OH is 1. The minimum absolute atomic E-state index is 0.367. The van der Waals surface area contributed by atoms with Crippen LogP contribution >= 0.6 is 0 Å². The molecule has 3 N–H and O–H groups in total. The van der Waals surface area contributed by atoms with Crippen molar-refractivity contribution in [1.82, 2.24) is 15.4 Å². The van der Waals surface area contributed by atoms with E-state index in [9.17, 15) is 19.9 Å². The van der Waals surface area contributed by atoms with Crippen LogP contribution < -0.4 is 5.48 Å². The molecule has 1 aromatic carbocycles. The maximum absolute atomic E-state index is 13.0. The fourth-order valence-corrected chi connectivity index (χ4v) is 3.60. The van der Waals surface area contributed by atoms with E-state index >= 15 is 0 Å². The second kappa shape index (κ2) is 8.67. The summed E-state index contributed by atoms with van der Waals surface area (Å²) in [6.45, 7) is 1.98. The Morgan fingerprint density at radius 1 is 1.21 bits per heavy atom. The van der Waals surface area contributed by atoms with Gasteiger partial charge in [-0.2, -0.15) is 0 Å². The third-order valence-corrected chi connectivity index (χ3v) is 4.93. The number of aromatic nitrogens is 1. The molecule has 0 saturated heterocycles. The van der Waals surface area contributed by atoms with Crippen molar-refractivity contribution >= 4 is 17.4 Å². The van der Waals surface area contributed by atoms with E-state index in [-0.39, 0.29) is 5.76 Å². The molecule has 0 bridgehead atoms. The van der Waals surface area contributed by atoms with Gasteiger partial charge in [-0.05, 0) is 29.7 Å². The van der Waals surface area contributed by atoms with E-state index in [2.05, 4.69) is 4.98 Å². The van der Waals surface area contributed by atoms with Gasteiger partial charge in [0.05, 0.1) is 6.04 Å². The van der Waals surface area contributed by atoms with Crippen LogP contribution in [0, 0.1) is 0 Å². The number of rotatable bonds is 7. The number of hydroxylamine groups is 1. The highest BCUT2D eigenvalue weighted by molar-refractivity contribution is 6.07. The molecule has 2 atom stereocenters. The Morgan fingerprint density at radius 2 is 1.89 bits per heavy atom. The minimum Gasteiger partial charge on any atom is -0.503 e. The third-order valence-electron chi connectivity index (χ3n) is 4.93. The Bertz CT molecular complexity index is 868. The number of unbranched alkanes of at least 4 members (excludes halogenated alkanes) is 1. The summed E-state index contributed by atoms with van der Waals surface area (Å²) in [5.41, 5.74) is 3.51. The summed E-state index contributed by atoms with van der Waals surface area (Å²) in [5.74, 6) is -1.70. The number of nitrogens with zero attached hydrogens (tertiary/aromatic N) is 2. The highest BCUT2D eigenvalue weighted by Crippen LogP contribution is 2.44. The standard InChI is InChI=1S/C21H23N3O4/c1-2-3-9-16(20(26)23-28)24-18(15-10-12-22-13-11-15)17(19(25)21(24)27)14-7-5-4-6-8-14/h4-8,10-13,16,18,25,28H,2-3,9H2,1H3,(H,23,26). The zero-order valence-corrected chi connectivity index (χ0v) is 15.6. The lowest BCUT2D eigenvalue weighted by atomic mass is 9.93. The molecule has 7 nitrogen and oxygen atoms in total. The van der Waals surface area contributed by atoms with Crippen LogP contribution in [0.4, 0.5) is 0 Å². The lowest BCUT2D eigenvalue weighted by molar-refractivity contribution is -0.144. The maximum atomic E-state index is 13.0. The molecular weight excluding hydrogens is 358 g/mol. The van der Waals surface area contributed by atoms with Crippen LogP contribution in [0.1, 0.15) is 43.4 Å². The molecular formula is C21H23N3O4. The molecule has 0 fully saturated rings. The number of amides is 2. The number of pyridine rings is 1. The normalized spacial score (nSPS) is 17.7. The molecule has 1 aliphatic heterocycles. The van der Waals surface area contributed by atoms with Gasteiger partial charge in [0.1, 0.15) is 6.04 Å². The molecule has 2 amide bonds. The first kappa shape index (κ1) is 19.6. The van der Waals surface area contributed by atoms with Gasteiger partial charge in [0.25, 0.3) is 11.8 Å². The maximum Gasteiger partial charge on any atom is 0.290 e. The number of nitrogens with one attached hydrogen (secondary N) is 1. The number of aliphatic hydroxyl groups is 1. The van der Waals surface area contributed by atoms with E-state index in [1.807, 2.05) is 37.3 Å². The molecule has 2 unspecified atom stereocenters. The first-order valence-electron chi connectivity index (χ1n) is 9.25. The zero-order chi connectivity index (χ0) is 20.1. The molecule has 0 saturated carbocycles. The average Bonchev–Trinajstić information content (AvgIpc) is 3.00. The molecule has 1 aromatic heterocycles.